The van der Waals surface area contributed by atoms with Crippen LogP contribution in [-0.4, -0.2) is 73.8 Å². The Morgan fingerprint density at radius 3 is 2.05 bits per heavy atom. The average Bonchev–Trinajstić information content (AvgIpc) is 3.46. The van der Waals surface area contributed by atoms with E-state index in [0.717, 1.165) is 74.3 Å². The quantitative estimate of drug-likeness (QED) is 0.531. The largest absolute Gasteiger partial charge is 0.493 e. The smallest absolute Gasteiger partial charge is 0.410 e. The number of carbonyl (C=O) groups is 2. The molecule has 2 aliphatic rings. The minimum Gasteiger partial charge on any atom is -0.493 e. The molecule has 0 aromatic heterocycles. The summed E-state index contributed by atoms with van der Waals surface area (Å²) in [6.07, 6.45) is 4.46. The van der Waals surface area contributed by atoms with Gasteiger partial charge in [-0.1, -0.05) is 36.4 Å². The van der Waals surface area contributed by atoms with Crippen molar-refractivity contribution in [2.24, 2.45) is 5.92 Å². The molecule has 2 heterocycles. The number of rotatable bonds is 9. The van der Waals surface area contributed by atoms with Crippen molar-refractivity contribution in [2.75, 3.05) is 39.8 Å². The number of benzene rings is 2. The average molecular weight is 508 g/mol. The van der Waals surface area contributed by atoms with Crippen LogP contribution in [0, 0.1) is 5.92 Å². The zero-order valence-corrected chi connectivity index (χ0v) is 22.4. The molecule has 2 aliphatic heterocycles. The zero-order valence-electron chi connectivity index (χ0n) is 22.4. The van der Waals surface area contributed by atoms with Crippen molar-refractivity contribution in [3.05, 3.63) is 54.1 Å². The fourth-order valence-electron chi connectivity index (χ4n) is 5.06. The number of nitrogens with one attached hydrogen (secondary N) is 1. The molecule has 2 aromatic carbocycles. The third kappa shape index (κ3) is 7.48. The van der Waals surface area contributed by atoms with Crippen LogP contribution < -0.4 is 10.1 Å². The highest BCUT2D eigenvalue weighted by atomic mass is 16.6. The number of hydrogen-bond acceptors (Lipinski definition) is 5. The normalized spacial score (nSPS) is 17.2. The summed E-state index contributed by atoms with van der Waals surface area (Å²) in [6, 6.07) is 16.5. The first-order valence-corrected chi connectivity index (χ1v) is 13.7. The highest BCUT2D eigenvalue weighted by Crippen LogP contribution is 2.25. The minimum absolute atomic E-state index is 0.0875. The summed E-state index contributed by atoms with van der Waals surface area (Å²) < 4.78 is 11.4. The van der Waals surface area contributed by atoms with E-state index in [9.17, 15) is 9.59 Å². The molecule has 2 saturated heterocycles. The van der Waals surface area contributed by atoms with Crippen molar-refractivity contribution in [1.82, 2.24) is 15.1 Å². The Kier molecular flexibility index (Phi) is 9.45. The molecule has 200 valence electrons. The van der Waals surface area contributed by atoms with Crippen LogP contribution in [0.2, 0.25) is 0 Å². The van der Waals surface area contributed by atoms with E-state index in [-0.39, 0.29) is 24.1 Å². The Labute approximate surface area is 221 Å². The van der Waals surface area contributed by atoms with Gasteiger partial charge in [-0.25, -0.2) is 4.79 Å². The number of piperidine rings is 1. The molecule has 0 bridgehead atoms. The third-order valence-corrected chi connectivity index (χ3v) is 7.34. The van der Waals surface area contributed by atoms with E-state index >= 15 is 0 Å². The molecule has 2 aromatic rings. The maximum absolute atomic E-state index is 12.8. The Bertz CT molecular complexity index is 1010. The molecule has 7 nitrogen and oxygen atoms in total. The second-order valence-electron chi connectivity index (χ2n) is 10.5. The van der Waals surface area contributed by atoms with Gasteiger partial charge in [0.15, 0.2) is 0 Å². The van der Waals surface area contributed by atoms with Gasteiger partial charge in [-0.15, -0.1) is 0 Å². The Morgan fingerprint density at radius 2 is 1.49 bits per heavy atom. The van der Waals surface area contributed by atoms with Gasteiger partial charge in [0.25, 0.3) is 0 Å². The van der Waals surface area contributed by atoms with Crippen LogP contribution in [0.4, 0.5) is 4.79 Å². The van der Waals surface area contributed by atoms with E-state index in [0.29, 0.717) is 18.9 Å². The van der Waals surface area contributed by atoms with E-state index < -0.39 is 0 Å². The summed E-state index contributed by atoms with van der Waals surface area (Å²) in [5, 5.41) is 3.20. The molecule has 2 amide bonds. The van der Waals surface area contributed by atoms with E-state index in [2.05, 4.69) is 41.7 Å². The topological polar surface area (TPSA) is 71.1 Å². The van der Waals surface area contributed by atoms with Crippen molar-refractivity contribution in [1.29, 1.82) is 0 Å². The third-order valence-electron chi connectivity index (χ3n) is 7.34. The van der Waals surface area contributed by atoms with Gasteiger partial charge >= 0.3 is 6.09 Å². The number of amides is 2. The first-order chi connectivity index (χ1) is 17.9. The van der Waals surface area contributed by atoms with Gasteiger partial charge in [0.2, 0.25) is 5.91 Å². The highest BCUT2D eigenvalue weighted by Gasteiger charge is 2.26. The number of hydrogen-bond donors (Lipinski definition) is 1. The Balaban J connectivity index is 1.24. The van der Waals surface area contributed by atoms with E-state index in [4.69, 9.17) is 9.47 Å². The van der Waals surface area contributed by atoms with E-state index in [1.165, 1.54) is 0 Å². The van der Waals surface area contributed by atoms with Crippen LogP contribution in [-0.2, 0) is 16.0 Å². The first kappa shape index (κ1) is 27.0. The van der Waals surface area contributed by atoms with Gasteiger partial charge in [-0.3, -0.25) is 4.79 Å². The van der Waals surface area contributed by atoms with Gasteiger partial charge in [-0.2, -0.15) is 0 Å². The zero-order chi connectivity index (χ0) is 26.2. The number of likely N-dealkylation sites (N-methyl/N-ethyl adjacent to an activating group) is 1. The summed E-state index contributed by atoms with van der Waals surface area (Å²) in [6.45, 7) is 7.60. The first-order valence-electron chi connectivity index (χ1n) is 13.7. The number of ether oxygens (including phenoxy) is 2. The monoisotopic (exact) mass is 507 g/mol. The molecule has 0 aliphatic carbocycles. The molecule has 4 rings (SSSR count). The Morgan fingerprint density at radius 1 is 0.892 bits per heavy atom. The summed E-state index contributed by atoms with van der Waals surface area (Å²) in [7, 11) is 1.86. The molecular formula is C30H41N3O4. The van der Waals surface area contributed by atoms with Crippen LogP contribution in [0.15, 0.2) is 48.5 Å². The van der Waals surface area contributed by atoms with E-state index in [1.54, 1.807) is 4.90 Å². The lowest BCUT2D eigenvalue weighted by Crippen LogP contribution is -2.45. The second kappa shape index (κ2) is 13.0. The lowest BCUT2D eigenvalue weighted by Gasteiger charge is -2.31. The number of nitrogens with zero attached hydrogens (tertiary/aromatic N) is 2. The van der Waals surface area contributed by atoms with Crippen molar-refractivity contribution < 1.29 is 19.1 Å². The maximum Gasteiger partial charge on any atom is 0.410 e. The lowest BCUT2D eigenvalue weighted by molar-refractivity contribution is -0.132. The molecule has 0 saturated carbocycles. The maximum atomic E-state index is 12.8. The van der Waals surface area contributed by atoms with Crippen LogP contribution in [0.5, 0.6) is 5.75 Å². The Hall–Kier alpha value is -3.06. The predicted octanol–water partition coefficient (Wildman–Crippen LogP) is 4.74. The molecule has 7 heteroatoms. The number of carbonyl (C=O) groups excluding carboxylic acids is 2. The highest BCUT2D eigenvalue weighted by molar-refractivity contribution is 5.82. The molecule has 1 N–H and O–H groups in total. The molecule has 0 spiro atoms. The van der Waals surface area contributed by atoms with Crippen LogP contribution in [0.3, 0.4) is 0 Å². The lowest BCUT2D eigenvalue weighted by atomic mass is 9.98. The van der Waals surface area contributed by atoms with Gasteiger partial charge in [0, 0.05) is 26.2 Å². The van der Waals surface area contributed by atoms with Crippen LogP contribution in [0.1, 0.15) is 45.1 Å². The molecule has 2 fully saturated rings. The van der Waals surface area contributed by atoms with Crippen molar-refractivity contribution >= 4 is 12.0 Å². The van der Waals surface area contributed by atoms with Gasteiger partial charge in [0.05, 0.1) is 18.8 Å². The molecule has 1 atom stereocenters. The van der Waals surface area contributed by atoms with Crippen LogP contribution in [0.25, 0.3) is 11.1 Å². The standard InChI is InChI=1S/C30H41N3O4/c1-22(2)37-30(35)33-18-14-24(15-19-33)21-36-27-12-10-26(11-13-27)25-8-6-23(7-9-25)20-28(31-3)29(34)32-16-4-5-17-32/h6-13,22,24,28,31H,4-5,14-21H2,1-3H3. The summed E-state index contributed by atoms with van der Waals surface area (Å²) in [5.74, 6) is 1.51. The molecular weight excluding hydrogens is 466 g/mol. The fraction of sp³-hybridized carbons (Fsp3) is 0.533. The SMILES string of the molecule is CNC(Cc1ccc(-c2ccc(OCC3CCN(C(=O)OC(C)C)CC3)cc2)cc1)C(=O)N1CCCC1. The summed E-state index contributed by atoms with van der Waals surface area (Å²) >= 11 is 0. The molecule has 37 heavy (non-hydrogen) atoms. The molecule has 1 unspecified atom stereocenters. The number of likely N-dealkylation sites (tertiary alicyclic amines) is 2. The van der Waals surface area contributed by atoms with Crippen molar-refractivity contribution in [3.8, 4) is 16.9 Å². The van der Waals surface area contributed by atoms with Crippen LogP contribution >= 0.6 is 0 Å². The van der Waals surface area contributed by atoms with E-state index in [1.807, 2.05) is 37.9 Å². The summed E-state index contributed by atoms with van der Waals surface area (Å²) in [5.41, 5.74) is 3.43. The van der Waals surface area contributed by atoms with Gasteiger partial charge in [0.1, 0.15) is 5.75 Å². The molecule has 0 radical (unpaired) electrons. The fourth-order valence-corrected chi connectivity index (χ4v) is 5.06. The van der Waals surface area contributed by atoms with Crippen molar-refractivity contribution in [3.63, 3.8) is 0 Å². The van der Waals surface area contributed by atoms with Gasteiger partial charge in [-0.05, 0) is 87.7 Å². The minimum atomic E-state index is -0.213. The predicted molar refractivity (Wildman–Crippen MR) is 146 cm³/mol. The second-order valence-corrected chi connectivity index (χ2v) is 10.5. The van der Waals surface area contributed by atoms with Crippen molar-refractivity contribution in [2.45, 2.75) is 58.1 Å². The summed E-state index contributed by atoms with van der Waals surface area (Å²) in [4.78, 5) is 28.6. The van der Waals surface area contributed by atoms with Gasteiger partial charge < -0.3 is 24.6 Å².